The number of amides is 1. The number of ketones is 1. The van der Waals surface area contributed by atoms with Crippen molar-refractivity contribution in [2.75, 3.05) is 6.54 Å². The molecule has 2 rings (SSSR count). The van der Waals surface area contributed by atoms with Crippen LogP contribution < -0.4 is 14.5 Å². The number of hydrogen-bond acceptors (Lipinski definition) is 4. The molecule has 1 amide bonds. The Labute approximate surface area is 152 Å². The highest BCUT2D eigenvalue weighted by Gasteiger charge is 2.17. The normalized spacial score (nSPS) is 11.0. The fourth-order valence-electron chi connectivity index (χ4n) is 2.39. The molecule has 0 aliphatic carbocycles. The van der Waals surface area contributed by atoms with Gasteiger partial charge in [0.2, 0.25) is 13.1 Å². The molecule has 0 aromatic carbocycles. The molecule has 0 spiro atoms. The lowest BCUT2D eigenvalue weighted by Crippen LogP contribution is -2.45. The maximum atomic E-state index is 12.3. The van der Waals surface area contributed by atoms with Crippen molar-refractivity contribution in [3.8, 4) is 0 Å². The maximum absolute atomic E-state index is 12.3. The van der Waals surface area contributed by atoms with Crippen molar-refractivity contribution >= 4 is 17.9 Å². The summed E-state index contributed by atoms with van der Waals surface area (Å²) in [6.07, 6.45) is 8.23. The van der Waals surface area contributed by atoms with E-state index in [1.54, 1.807) is 58.2 Å². The fraction of sp³-hybridized carbons (Fsp3) is 0.316. The summed E-state index contributed by atoms with van der Waals surface area (Å²) in [5.74, 6) is 0.212. The molecule has 0 unspecified atom stereocenters. The van der Waals surface area contributed by atoms with Gasteiger partial charge < -0.3 is 10.5 Å². The molecule has 26 heavy (non-hydrogen) atoms. The zero-order valence-electron chi connectivity index (χ0n) is 15.0. The van der Waals surface area contributed by atoms with Crippen LogP contribution >= 0.6 is 0 Å². The van der Waals surface area contributed by atoms with Crippen molar-refractivity contribution < 1.29 is 23.9 Å². The average molecular weight is 356 g/mol. The quantitative estimate of drug-likeness (QED) is 0.316. The van der Waals surface area contributed by atoms with E-state index in [1.165, 1.54) is 6.21 Å². The zero-order chi connectivity index (χ0) is 18.9. The van der Waals surface area contributed by atoms with Crippen LogP contribution in [-0.2, 0) is 17.9 Å². The summed E-state index contributed by atoms with van der Waals surface area (Å²) in [4.78, 5) is 24.5. The minimum absolute atomic E-state index is 0.0159. The van der Waals surface area contributed by atoms with Gasteiger partial charge in [-0.1, -0.05) is 19.0 Å². The number of aromatic nitrogens is 2. The van der Waals surface area contributed by atoms with Gasteiger partial charge >= 0.3 is 0 Å². The smallest absolute Gasteiger partial charge is 0.261 e. The minimum Gasteiger partial charge on any atom is -0.411 e. The van der Waals surface area contributed by atoms with Gasteiger partial charge in [-0.15, -0.1) is 0 Å². The SMILES string of the molecule is CC(C)CNC(=O)c1ccc[n+](CC(=O)C[n+]2cccc(/C=N\O)c2)c1. The van der Waals surface area contributed by atoms with E-state index in [0.717, 1.165) is 0 Å². The van der Waals surface area contributed by atoms with Crippen molar-refractivity contribution in [2.24, 2.45) is 11.1 Å². The van der Waals surface area contributed by atoms with Crippen LogP contribution in [0.2, 0.25) is 0 Å². The number of hydrogen-bond donors (Lipinski definition) is 2. The second-order valence-corrected chi connectivity index (χ2v) is 6.46. The first-order valence-electron chi connectivity index (χ1n) is 8.43. The van der Waals surface area contributed by atoms with Gasteiger partial charge in [0, 0.05) is 18.7 Å². The van der Waals surface area contributed by atoms with Crippen LogP contribution in [0.3, 0.4) is 0 Å². The molecule has 7 nitrogen and oxygen atoms in total. The molecule has 7 heteroatoms. The third kappa shape index (κ3) is 6.08. The third-order valence-corrected chi connectivity index (χ3v) is 3.60. The molecule has 2 aromatic rings. The average Bonchev–Trinajstić information content (AvgIpc) is 2.60. The predicted octanol–water partition coefficient (Wildman–Crippen LogP) is 0.725. The van der Waals surface area contributed by atoms with Crippen molar-refractivity contribution in [3.05, 3.63) is 60.2 Å². The van der Waals surface area contributed by atoms with Gasteiger partial charge in [0.05, 0.1) is 11.8 Å². The number of Topliss-reactive ketones (excluding diaryl/α,β-unsaturated/α-hetero) is 1. The molecule has 0 saturated heterocycles. The van der Waals surface area contributed by atoms with E-state index >= 15 is 0 Å². The van der Waals surface area contributed by atoms with Crippen LogP contribution in [-0.4, -0.2) is 29.7 Å². The largest absolute Gasteiger partial charge is 0.411 e. The molecule has 0 fully saturated rings. The lowest BCUT2D eigenvalue weighted by molar-refractivity contribution is -0.702. The van der Waals surface area contributed by atoms with E-state index in [4.69, 9.17) is 5.21 Å². The van der Waals surface area contributed by atoms with Gasteiger partial charge in [-0.2, -0.15) is 9.13 Å². The first kappa shape index (κ1) is 19.2. The topological polar surface area (TPSA) is 86.5 Å². The van der Waals surface area contributed by atoms with Gasteiger partial charge in [-0.25, -0.2) is 0 Å². The van der Waals surface area contributed by atoms with Gasteiger partial charge in [-0.05, 0) is 18.1 Å². The van der Waals surface area contributed by atoms with Crippen molar-refractivity contribution in [2.45, 2.75) is 26.9 Å². The highest BCUT2D eigenvalue weighted by molar-refractivity contribution is 5.93. The number of nitrogens with one attached hydrogen (secondary N) is 1. The summed E-state index contributed by atoms with van der Waals surface area (Å²) in [6.45, 7) is 5.02. The first-order valence-corrected chi connectivity index (χ1v) is 8.43. The van der Waals surface area contributed by atoms with Crippen molar-refractivity contribution in [3.63, 3.8) is 0 Å². The van der Waals surface area contributed by atoms with Crippen LogP contribution in [0.25, 0.3) is 0 Å². The van der Waals surface area contributed by atoms with Gasteiger partial charge in [0.25, 0.3) is 11.7 Å². The summed E-state index contributed by atoms with van der Waals surface area (Å²) >= 11 is 0. The summed E-state index contributed by atoms with van der Waals surface area (Å²) in [6, 6.07) is 7.03. The Morgan fingerprint density at radius 1 is 1.15 bits per heavy atom. The lowest BCUT2D eigenvalue weighted by Gasteiger charge is -2.06. The van der Waals surface area contributed by atoms with E-state index in [2.05, 4.69) is 10.5 Å². The fourth-order valence-corrected chi connectivity index (χ4v) is 2.39. The number of pyridine rings is 2. The molecule has 0 aliphatic heterocycles. The second kappa shape index (κ2) is 9.41. The summed E-state index contributed by atoms with van der Waals surface area (Å²) in [5.41, 5.74) is 1.22. The molecule has 2 heterocycles. The van der Waals surface area contributed by atoms with Crippen LogP contribution in [0.1, 0.15) is 29.8 Å². The van der Waals surface area contributed by atoms with Crippen molar-refractivity contribution in [1.29, 1.82) is 0 Å². The summed E-state index contributed by atoms with van der Waals surface area (Å²) < 4.78 is 3.42. The molecule has 0 bridgehead atoms. The van der Waals surface area contributed by atoms with Gasteiger partial charge in [0.15, 0.2) is 24.8 Å². The third-order valence-electron chi connectivity index (χ3n) is 3.60. The molecule has 0 radical (unpaired) electrons. The number of nitrogens with zero attached hydrogens (tertiary/aromatic N) is 3. The monoisotopic (exact) mass is 356 g/mol. The minimum atomic E-state index is -0.147. The first-order chi connectivity index (χ1) is 12.5. The number of carbonyl (C=O) groups excluding carboxylic acids is 2. The van der Waals surface area contributed by atoms with E-state index < -0.39 is 0 Å². The summed E-state index contributed by atoms with van der Waals surface area (Å²) in [5, 5.41) is 14.4. The molecule has 0 saturated carbocycles. The number of carbonyl (C=O) groups is 2. The Kier molecular flexibility index (Phi) is 6.96. The molecular weight excluding hydrogens is 332 g/mol. The molecule has 0 atom stereocenters. The van der Waals surface area contributed by atoms with E-state index in [-0.39, 0.29) is 24.8 Å². The zero-order valence-corrected chi connectivity index (χ0v) is 15.0. The Bertz CT molecular complexity index is 803. The Balaban J connectivity index is 1.99. The highest BCUT2D eigenvalue weighted by atomic mass is 16.4. The van der Waals surface area contributed by atoms with Crippen LogP contribution in [0.5, 0.6) is 0 Å². The lowest BCUT2D eigenvalue weighted by atomic mass is 10.2. The van der Waals surface area contributed by atoms with Gasteiger partial charge in [-0.3, -0.25) is 9.59 Å². The van der Waals surface area contributed by atoms with E-state index in [9.17, 15) is 9.59 Å². The molecule has 0 aliphatic rings. The maximum Gasteiger partial charge on any atom is 0.261 e. The molecule has 136 valence electrons. The van der Waals surface area contributed by atoms with Crippen molar-refractivity contribution in [1.82, 2.24) is 5.32 Å². The molecule has 2 aromatic heterocycles. The van der Waals surface area contributed by atoms with Crippen LogP contribution in [0.15, 0.2) is 54.2 Å². The van der Waals surface area contributed by atoms with Crippen LogP contribution in [0, 0.1) is 5.92 Å². The van der Waals surface area contributed by atoms with E-state index in [0.29, 0.717) is 23.6 Å². The Morgan fingerprint density at radius 3 is 2.46 bits per heavy atom. The standard InChI is InChI=1S/C19H22N4O3/c1-15(2)9-20-19(25)17-6-4-8-23(12-17)14-18(24)13-22-7-3-5-16(11-22)10-21-26/h3-8,10-12,15H,9,13-14H2,1-2H3/p+2/b21-10-. The Hall–Kier alpha value is -3.09. The molecular formula is C19H24N4O3+2. The highest BCUT2D eigenvalue weighted by Crippen LogP contribution is 1.96. The molecule has 2 N–H and O–H groups in total. The van der Waals surface area contributed by atoms with Gasteiger partial charge in [0.1, 0.15) is 5.56 Å². The Morgan fingerprint density at radius 2 is 1.81 bits per heavy atom. The van der Waals surface area contributed by atoms with E-state index in [1.807, 2.05) is 13.8 Å². The van der Waals surface area contributed by atoms with Crippen LogP contribution in [0.4, 0.5) is 0 Å². The summed E-state index contributed by atoms with van der Waals surface area (Å²) in [7, 11) is 0. The number of rotatable bonds is 8. The number of oxime groups is 1. The second-order valence-electron chi connectivity index (χ2n) is 6.46. The predicted molar refractivity (Wildman–Crippen MR) is 94.8 cm³/mol.